The van der Waals surface area contributed by atoms with Crippen LogP contribution in [-0.2, 0) is 11.3 Å². The lowest BCUT2D eigenvalue weighted by Crippen LogP contribution is -2.31. The Morgan fingerprint density at radius 3 is 2.90 bits per heavy atom. The predicted molar refractivity (Wildman–Crippen MR) is 80.4 cm³/mol. The molecule has 1 atom stereocenters. The molecule has 1 heterocycles. The van der Waals surface area contributed by atoms with Crippen LogP contribution in [0.15, 0.2) is 30.3 Å². The predicted octanol–water partition coefficient (Wildman–Crippen LogP) is 1.26. The van der Waals surface area contributed by atoms with Gasteiger partial charge in [0, 0.05) is 31.1 Å². The number of nitrogens with two attached hydrogens (primary N) is 1. The molecule has 5 nitrogen and oxygen atoms in total. The van der Waals surface area contributed by atoms with Crippen molar-refractivity contribution in [3.63, 3.8) is 0 Å². The molecule has 2 aromatic rings. The monoisotopic (exact) mass is 275 g/mol. The number of likely N-dealkylation sites (N-methyl/N-ethyl adjacent to an activating group) is 1. The van der Waals surface area contributed by atoms with Crippen molar-refractivity contribution in [2.45, 2.75) is 12.6 Å². The number of nitrogen functional groups attached to an aromatic ring is 1. The molecule has 1 aromatic carbocycles. The fraction of sp³-hybridized carbons (Fsp3) is 0.400. The molecular weight excluding hydrogens is 254 g/mol. The Morgan fingerprint density at radius 1 is 1.40 bits per heavy atom. The van der Waals surface area contributed by atoms with Gasteiger partial charge in [0.1, 0.15) is 5.82 Å². The maximum absolute atomic E-state index is 9.73. The summed E-state index contributed by atoms with van der Waals surface area (Å²) in [6, 6.07) is 9.95. The number of aromatic nitrogens is 1. The molecule has 20 heavy (non-hydrogen) atoms. The average Bonchev–Trinajstić information content (AvgIpc) is 2.39. The van der Waals surface area contributed by atoms with E-state index in [1.807, 2.05) is 36.2 Å². The second kappa shape index (κ2) is 6.65. The van der Waals surface area contributed by atoms with E-state index in [0.717, 1.165) is 16.5 Å². The van der Waals surface area contributed by atoms with Crippen LogP contribution < -0.4 is 5.73 Å². The molecule has 5 heteroatoms. The lowest BCUT2D eigenvalue weighted by molar-refractivity contribution is 0.0419. The van der Waals surface area contributed by atoms with Gasteiger partial charge in [-0.25, -0.2) is 4.98 Å². The summed E-state index contributed by atoms with van der Waals surface area (Å²) in [5, 5.41) is 10.8. The van der Waals surface area contributed by atoms with E-state index in [1.165, 1.54) is 0 Å². The number of aliphatic hydroxyl groups is 1. The highest BCUT2D eigenvalue weighted by molar-refractivity contribution is 5.81. The van der Waals surface area contributed by atoms with Crippen LogP contribution in [0.4, 0.5) is 5.82 Å². The van der Waals surface area contributed by atoms with Gasteiger partial charge in [0.05, 0.1) is 18.2 Å². The van der Waals surface area contributed by atoms with E-state index < -0.39 is 6.10 Å². The Morgan fingerprint density at radius 2 is 2.15 bits per heavy atom. The Bertz CT molecular complexity index is 574. The van der Waals surface area contributed by atoms with Crippen molar-refractivity contribution in [3.05, 3.63) is 35.9 Å². The Balaban J connectivity index is 2.10. The van der Waals surface area contributed by atoms with Gasteiger partial charge in [-0.15, -0.1) is 0 Å². The Labute approximate surface area is 119 Å². The van der Waals surface area contributed by atoms with Crippen LogP contribution in [0.2, 0.25) is 0 Å². The first-order valence-corrected chi connectivity index (χ1v) is 6.60. The second-order valence-corrected chi connectivity index (χ2v) is 5.03. The first-order valence-electron chi connectivity index (χ1n) is 6.60. The van der Waals surface area contributed by atoms with Crippen molar-refractivity contribution in [1.29, 1.82) is 0 Å². The first kappa shape index (κ1) is 14.7. The summed E-state index contributed by atoms with van der Waals surface area (Å²) in [7, 11) is 3.52. The van der Waals surface area contributed by atoms with Crippen LogP contribution in [0.5, 0.6) is 0 Å². The van der Waals surface area contributed by atoms with Gasteiger partial charge >= 0.3 is 0 Å². The van der Waals surface area contributed by atoms with Crippen molar-refractivity contribution in [2.75, 3.05) is 33.0 Å². The molecule has 0 aliphatic carbocycles. The van der Waals surface area contributed by atoms with Crippen LogP contribution in [0, 0.1) is 0 Å². The van der Waals surface area contributed by atoms with Gasteiger partial charge in [0.25, 0.3) is 0 Å². The van der Waals surface area contributed by atoms with Crippen molar-refractivity contribution in [2.24, 2.45) is 0 Å². The Hall–Kier alpha value is -1.69. The third kappa shape index (κ3) is 3.66. The molecule has 0 aliphatic rings. The molecule has 0 aliphatic heterocycles. The minimum absolute atomic E-state index is 0.329. The molecular formula is C15H21N3O2. The van der Waals surface area contributed by atoms with Crippen LogP contribution >= 0.6 is 0 Å². The highest BCUT2D eigenvalue weighted by Gasteiger charge is 2.11. The summed E-state index contributed by atoms with van der Waals surface area (Å²) in [6.45, 7) is 1.50. The van der Waals surface area contributed by atoms with E-state index in [1.54, 1.807) is 7.11 Å². The van der Waals surface area contributed by atoms with Gasteiger partial charge in [-0.1, -0.05) is 18.2 Å². The van der Waals surface area contributed by atoms with Gasteiger partial charge in [-0.3, -0.25) is 4.90 Å². The van der Waals surface area contributed by atoms with E-state index >= 15 is 0 Å². The SMILES string of the molecule is COCC(O)CN(C)Cc1cc2ccccc2nc1N. The smallest absolute Gasteiger partial charge is 0.128 e. The number of hydrogen-bond donors (Lipinski definition) is 2. The van der Waals surface area contributed by atoms with E-state index in [4.69, 9.17) is 10.5 Å². The normalized spacial score (nSPS) is 13.0. The molecule has 0 radical (unpaired) electrons. The molecule has 0 fully saturated rings. The van der Waals surface area contributed by atoms with Gasteiger partial charge in [-0.05, 0) is 19.2 Å². The van der Waals surface area contributed by atoms with E-state index in [2.05, 4.69) is 11.1 Å². The molecule has 0 saturated carbocycles. The number of para-hydroxylation sites is 1. The molecule has 0 bridgehead atoms. The highest BCUT2D eigenvalue weighted by Crippen LogP contribution is 2.19. The minimum atomic E-state index is -0.500. The number of benzene rings is 1. The summed E-state index contributed by atoms with van der Waals surface area (Å²) >= 11 is 0. The van der Waals surface area contributed by atoms with Crippen LogP contribution in [0.3, 0.4) is 0 Å². The number of fused-ring (bicyclic) bond motifs is 1. The van der Waals surface area contributed by atoms with Crippen molar-refractivity contribution < 1.29 is 9.84 Å². The lowest BCUT2D eigenvalue weighted by Gasteiger charge is -2.20. The molecule has 0 saturated heterocycles. The maximum Gasteiger partial charge on any atom is 0.128 e. The molecule has 3 N–H and O–H groups in total. The van der Waals surface area contributed by atoms with Crippen molar-refractivity contribution >= 4 is 16.7 Å². The van der Waals surface area contributed by atoms with Gasteiger partial charge in [0.15, 0.2) is 0 Å². The van der Waals surface area contributed by atoms with Gasteiger partial charge in [-0.2, -0.15) is 0 Å². The first-order chi connectivity index (χ1) is 9.60. The molecule has 1 aromatic heterocycles. The lowest BCUT2D eigenvalue weighted by atomic mass is 10.1. The second-order valence-electron chi connectivity index (χ2n) is 5.03. The number of pyridine rings is 1. The molecule has 2 rings (SSSR count). The number of hydrogen-bond acceptors (Lipinski definition) is 5. The van der Waals surface area contributed by atoms with E-state index in [9.17, 15) is 5.11 Å². The van der Waals surface area contributed by atoms with Crippen molar-refractivity contribution in [1.82, 2.24) is 9.88 Å². The fourth-order valence-electron chi connectivity index (χ4n) is 2.26. The average molecular weight is 275 g/mol. The molecule has 0 amide bonds. The summed E-state index contributed by atoms with van der Waals surface area (Å²) in [6.07, 6.45) is -0.500. The third-order valence-electron chi connectivity index (χ3n) is 3.16. The Kier molecular flexibility index (Phi) is 4.89. The van der Waals surface area contributed by atoms with E-state index in [0.29, 0.717) is 25.5 Å². The number of ether oxygens (including phenoxy) is 1. The zero-order valence-corrected chi connectivity index (χ0v) is 11.9. The summed E-state index contributed by atoms with van der Waals surface area (Å²) in [5.41, 5.74) is 7.87. The number of methoxy groups -OCH3 is 1. The van der Waals surface area contributed by atoms with Crippen LogP contribution in [0.25, 0.3) is 10.9 Å². The summed E-state index contributed by atoms with van der Waals surface area (Å²) in [5.74, 6) is 0.539. The summed E-state index contributed by atoms with van der Waals surface area (Å²) in [4.78, 5) is 6.41. The minimum Gasteiger partial charge on any atom is -0.389 e. The summed E-state index contributed by atoms with van der Waals surface area (Å²) < 4.78 is 4.92. The largest absolute Gasteiger partial charge is 0.389 e. The fourth-order valence-corrected chi connectivity index (χ4v) is 2.26. The molecule has 108 valence electrons. The third-order valence-corrected chi connectivity index (χ3v) is 3.16. The number of anilines is 1. The number of aliphatic hydroxyl groups excluding tert-OH is 1. The van der Waals surface area contributed by atoms with Crippen LogP contribution in [-0.4, -0.2) is 48.4 Å². The van der Waals surface area contributed by atoms with E-state index in [-0.39, 0.29) is 0 Å². The number of nitrogens with zero attached hydrogens (tertiary/aromatic N) is 2. The topological polar surface area (TPSA) is 71.6 Å². The number of rotatable bonds is 6. The zero-order chi connectivity index (χ0) is 14.5. The quantitative estimate of drug-likeness (QED) is 0.830. The highest BCUT2D eigenvalue weighted by atomic mass is 16.5. The zero-order valence-electron chi connectivity index (χ0n) is 11.9. The standard InChI is InChI=1S/C15H21N3O2/c1-18(9-13(19)10-20-2)8-12-7-11-5-3-4-6-14(11)17-15(12)16/h3-7,13,19H,8-10H2,1-2H3,(H2,16,17). The maximum atomic E-state index is 9.73. The molecule has 0 spiro atoms. The van der Waals surface area contributed by atoms with Crippen molar-refractivity contribution in [3.8, 4) is 0 Å². The molecule has 1 unspecified atom stereocenters. The van der Waals surface area contributed by atoms with Crippen LogP contribution in [0.1, 0.15) is 5.56 Å². The van der Waals surface area contributed by atoms with Gasteiger partial charge in [0.2, 0.25) is 0 Å². The van der Waals surface area contributed by atoms with Gasteiger partial charge < -0.3 is 15.6 Å².